The van der Waals surface area contributed by atoms with E-state index in [1.54, 1.807) is 0 Å². The van der Waals surface area contributed by atoms with Crippen molar-refractivity contribution in [1.29, 1.82) is 0 Å². The molecule has 254 valence electrons. The van der Waals surface area contributed by atoms with Gasteiger partial charge < -0.3 is 36.1 Å². The monoisotopic (exact) mass is 777 g/mol. The number of nitrogen functional groups attached to an aromatic ring is 3. The van der Waals surface area contributed by atoms with Crippen molar-refractivity contribution in [2.24, 2.45) is 0 Å². The molecule has 0 radical (unpaired) electrons. The molecule has 0 fully saturated rings. The molecule has 48 heavy (non-hydrogen) atoms. The highest BCUT2D eigenvalue weighted by Gasteiger charge is 2.15. The molecule has 0 atom stereocenters. The molecule has 0 aliphatic heterocycles. The van der Waals surface area contributed by atoms with E-state index < -0.39 is 0 Å². The van der Waals surface area contributed by atoms with Gasteiger partial charge in [-0.3, -0.25) is 0 Å². The maximum atomic E-state index is 5.93. The van der Waals surface area contributed by atoms with E-state index in [1.165, 1.54) is 5.56 Å². The lowest BCUT2D eigenvalue weighted by Gasteiger charge is -2.17. The van der Waals surface area contributed by atoms with Gasteiger partial charge in [-0.25, -0.2) is 0 Å². The Hall–Kier alpha value is -4.34. The minimum absolute atomic E-state index is 0.580. The first kappa shape index (κ1) is 38.1. The number of anilines is 3. The summed E-state index contributed by atoms with van der Waals surface area (Å²) in [7, 11) is 0. The van der Waals surface area contributed by atoms with E-state index >= 15 is 0 Å². The maximum absolute atomic E-state index is 5.93. The number of hydrogen-bond acceptors (Lipinski definition) is 7. The summed E-state index contributed by atoms with van der Waals surface area (Å²) in [6, 6.07) is 31.2. The number of aryl methyl sites for hydroxylation is 1. The molecule has 0 aromatic heterocycles. The summed E-state index contributed by atoms with van der Waals surface area (Å²) >= 11 is 6.85. The average Bonchev–Trinajstić information content (AvgIpc) is 3.07. The second kappa shape index (κ2) is 19.5. The first-order chi connectivity index (χ1) is 23.1. The lowest BCUT2D eigenvalue weighted by atomic mass is 9.97. The molecule has 6 N–H and O–H groups in total. The summed E-state index contributed by atoms with van der Waals surface area (Å²) < 4.78 is 24.5. The number of benzene rings is 5. The maximum Gasteiger partial charge on any atom is 0.134 e. The molecule has 5 aromatic rings. The molecule has 5 aromatic carbocycles. The molecule has 0 amide bonds. The largest absolute Gasteiger partial charge is 0.493 e. The molecule has 0 unspecified atom stereocenters. The van der Waals surface area contributed by atoms with Crippen LogP contribution in [0.5, 0.6) is 23.0 Å². The van der Waals surface area contributed by atoms with E-state index in [0.29, 0.717) is 26.4 Å². The van der Waals surface area contributed by atoms with Gasteiger partial charge in [-0.05, 0) is 138 Å². The topological polar surface area (TPSA) is 115 Å². The van der Waals surface area contributed by atoms with Crippen molar-refractivity contribution in [1.82, 2.24) is 0 Å². The van der Waals surface area contributed by atoms with Gasteiger partial charge in [0.15, 0.2) is 0 Å². The SMILES string of the molecule is CCOc1cc(-c2ccc(N)cc2)c(OCC)cc1-c1ccc(N)cc1.CCOc1cc(Br)c(OCC)cc1Br.Cc1ccc(N)cc1. The number of hydrogen-bond donors (Lipinski definition) is 3. The number of nitrogens with two attached hydrogens (primary N) is 3. The standard InChI is InChI=1S/C22H24N2O2.C10H12Br2O2.C7H9N/c1-3-25-21-13-20(16-7-11-18(24)12-8-16)22(26-4-2)14-19(21)15-5-9-17(23)10-6-15;1-3-13-9-5-8(12)10(14-4-2)6-7(9)11;1-6-2-4-7(8)5-3-6/h5-14H,3-4,23-24H2,1-2H3;5-6H,3-4H2,1-2H3;2-5H,8H2,1H3. The molecular weight excluding hydrogens is 734 g/mol. The third-order valence-corrected chi connectivity index (χ3v) is 8.03. The fourth-order valence-corrected chi connectivity index (χ4v) is 5.37. The number of halogens is 2. The lowest BCUT2D eigenvalue weighted by molar-refractivity contribution is 0.327. The van der Waals surface area contributed by atoms with E-state index in [9.17, 15) is 0 Å². The highest BCUT2D eigenvalue weighted by Crippen LogP contribution is 2.41. The van der Waals surface area contributed by atoms with Crippen LogP contribution in [0.3, 0.4) is 0 Å². The van der Waals surface area contributed by atoms with Gasteiger partial charge in [0.2, 0.25) is 0 Å². The molecule has 0 saturated heterocycles. The molecule has 0 spiro atoms. The van der Waals surface area contributed by atoms with Crippen LogP contribution in [-0.2, 0) is 0 Å². The zero-order chi connectivity index (χ0) is 35.1. The Morgan fingerprint density at radius 1 is 0.438 bits per heavy atom. The van der Waals surface area contributed by atoms with Crippen molar-refractivity contribution in [2.75, 3.05) is 43.6 Å². The Bertz CT molecular complexity index is 1580. The Kier molecular flexibility index (Phi) is 15.5. The summed E-state index contributed by atoms with van der Waals surface area (Å²) in [4.78, 5) is 0. The van der Waals surface area contributed by atoms with E-state index in [1.807, 2.05) is 132 Å². The third kappa shape index (κ3) is 11.4. The summed E-state index contributed by atoms with van der Waals surface area (Å²) in [5, 5.41) is 0. The first-order valence-corrected chi connectivity index (χ1v) is 17.4. The van der Waals surface area contributed by atoms with E-state index in [-0.39, 0.29) is 0 Å². The predicted molar refractivity (Wildman–Crippen MR) is 208 cm³/mol. The Balaban J connectivity index is 0.000000236. The van der Waals surface area contributed by atoms with Crippen LogP contribution in [0.2, 0.25) is 0 Å². The van der Waals surface area contributed by atoms with E-state index in [4.69, 9.17) is 36.1 Å². The molecule has 5 rings (SSSR count). The smallest absolute Gasteiger partial charge is 0.134 e. The first-order valence-electron chi connectivity index (χ1n) is 15.8. The van der Waals surface area contributed by atoms with Crippen LogP contribution < -0.4 is 36.1 Å². The fourth-order valence-electron chi connectivity index (χ4n) is 4.50. The van der Waals surface area contributed by atoms with Crippen LogP contribution >= 0.6 is 31.9 Å². The minimum atomic E-state index is 0.580. The number of rotatable bonds is 10. The van der Waals surface area contributed by atoms with Crippen LogP contribution in [0, 0.1) is 6.92 Å². The lowest BCUT2D eigenvalue weighted by Crippen LogP contribution is -1.99. The Morgan fingerprint density at radius 3 is 1.02 bits per heavy atom. The van der Waals surface area contributed by atoms with Crippen molar-refractivity contribution in [3.05, 3.63) is 112 Å². The molecule has 0 aliphatic carbocycles. The highest BCUT2D eigenvalue weighted by molar-refractivity contribution is 9.11. The van der Waals surface area contributed by atoms with Gasteiger partial charge in [0.05, 0.1) is 35.4 Å². The average molecular weight is 780 g/mol. The normalized spacial score (nSPS) is 10.1. The Labute approximate surface area is 301 Å². The molecule has 0 heterocycles. The van der Waals surface area contributed by atoms with Gasteiger partial charge in [-0.2, -0.15) is 0 Å². The summed E-state index contributed by atoms with van der Waals surface area (Å²) in [5.41, 5.74) is 24.7. The third-order valence-electron chi connectivity index (χ3n) is 6.79. The molecule has 7 nitrogen and oxygen atoms in total. The molecule has 9 heteroatoms. The van der Waals surface area contributed by atoms with Crippen LogP contribution in [0.15, 0.2) is 106 Å². The van der Waals surface area contributed by atoms with Gasteiger partial charge >= 0.3 is 0 Å². The molecule has 0 bridgehead atoms. The minimum Gasteiger partial charge on any atom is -0.493 e. The van der Waals surface area contributed by atoms with Crippen molar-refractivity contribution in [3.8, 4) is 45.3 Å². The second-order valence-electron chi connectivity index (χ2n) is 10.4. The van der Waals surface area contributed by atoms with Gasteiger partial charge in [0.25, 0.3) is 0 Å². The second-order valence-corrected chi connectivity index (χ2v) is 12.2. The summed E-state index contributed by atoms with van der Waals surface area (Å²) in [6.07, 6.45) is 0. The van der Waals surface area contributed by atoms with Crippen LogP contribution in [0.1, 0.15) is 33.3 Å². The zero-order valence-corrected chi connectivity index (χ0v) is 31.4. The quantitative estimate of drug-likeness (QED) is 0.121. The van der Waals surface area contributed by atoms with Gasteiger partial charge in [-0.15, -0.1) is 0 Å². The molecule has 0 aliphatic rings. The Morgan fingerprint density at radius 2 is 0.729 bits per heavy atom. The number of ether oxygens (including phenoxy) is 4. The zero-order valence-electron chi connectivity index (χ0n) is 28.2. The van der Waals surface area contributed by atoms with Crippen LogP contribution in [-0.4, -0.2) is 26.4 Å². The molecule has 0 saturated carbocycles. The van der Waals surface area contributed by atoms with E-state index in [2.05, 4.69) is 31.9 Å². The molecular formula is C39H45Br2N3O4. The van der Waals surface area contributed by atoms with Crippen molar-refractivity contribution >= 4 is 48.9 Å². The van der Waals surface area contributed by atoms with Crippen molar-refractivity contribution in [3.63, 3.8) is 0 Å². The van der Waals surface area contributed by atoms with Crippen molar-refractivity contribution < 1.29 is 18.9 Å². The van der Waals surface area contributed by atoms with Gasteiger partial charge in [0, 0.05) is 28.2 Å². The van der Waals surface area contributed by atoms with Crippen LogP contribution in [0.4, 0.5) is 17.1 Å². The highest BCUT2D eigenvalue weighted by atomic mass is 79.9. The van der Waals surface area contributed by atoms with Crippen molar-refractivity contribution in [2.45, 2.75) is 34.6 Å². The van der Waals surface area contributed by atoms with Crippen LogP contribution in [0.25, 0.3) is 22.3 Å². The van der Waals surface area contributed by atoms with Gasteiger partial charge in [-0.1, -0.05) is 42.0 Å². The summed E-state index contributed by atoms with van der Waals surface area (Å²) in [6.45, 7) is 12.4. The van der Waals surface area contributed by atoms with E-state index in [0.717, 1.165) is 71.3 Å². The summed E-state index contributed by atoms with van der Waals surface area (Å²) in [5.74, 6) is 3.27. The predicted octanol–water partition coefficient (Wildman–Crippen LogP) is 10.6. The fraction of sp³-hybridized carbons (Fsp3) is 0.231. The van der Waals surface area contributed by atoms with Gasteiger partial charge in [0.1, 0.15) is 23.0 Å².